The van der Waals surface area contributed by atoms with E-state index < -0.39 is 0 Å². The molecule has 2 fully saturated rings. The number of fused-ring (bicyclic) bond motifs is 1. The van der Waals surface area contributed by atoms with Crippen LogP contribution in [0.15, 0.2) is 36.4 Å². The number of nitrogens with zero attached hydrogens (tertiary/aromatic N) is 4. The number of anilines is 2. The van der Waals surface area contributed by atoms with Gasteiger partial charge in [-0.2, -0.15) is 9.97 Å². The summed E-state index contributed by atoms with van der Waals surface area (Å²) in [5.74, 6) is 1.52. The summed E-state index contributed by atoms with van der Waals surface area (Å²) >= 11 is 0. The maximum atomic E-state index is 5.98. The lowest BCUT2D eigenvalue weighted by molar-refractivity contribution is 0.0317. The average molecular weight is 453 g/mol. The Balaban J connectivity index is 1.28. The molecule has 0 unspecified atom stereocenters. The maximum absolute atomic E-state index is 5.98. The van der Waals surface area contributed by atoms with Crippen molar-refractivity contribution in [2.45, 2.75) is 12.8 Å². The Labute approximate surface area is 194 Å². The molecular formula is C24H32N6O3. The SMILES string of the molecule is C1=C(NNc2cc(N3CCOCC3)nc(OCCN3CCOCC3)n2)c2ccccc2CC1. The molecular weight excluding hydrogens is 420 g/mol. The molecule has 0 amide bonds. The molecule has 3 heterocycles. The van der Waals surface area contributed by atoms with Gasteiger partial charge in [-0.15, -0.1) is 0 Å². The lowest BCUT2D eigenvalue weighted by Crippen LogP contribution is -2.39. The zero-order valence-electron chi connectivity index (χ0n) is 19.0. The molecule has 0 radical (unpaired) electrons. The number of aryl methyl sites for hydroxylation is 1. The summed E-state index contributed by atoms with van der Waals surface area (Å²) in [7, 11) is 0. The van der Waals surface area contributed by atoms with Gasteiger partial charge in [0.05, 0.1) is 32.1 Å². The van der Waals surface area contributed by atoms with E-state index in [9.17, 15) is 0 Å². The van der Waals surface area contributed by atoms with E-state index in [-0.39, 0.29) is 0 Å². The lowest BCUT2D eigenvalue weighted by atomic mass is 9.95. The normalized spacial score (nSPS) is 18.9. The highest BCUT2D eigenvalue weighted by atomic mass is 16.5. The monoisotopic (exact) mass is 452 g/mol. The van der Waals surface area contributed by atoms with Crippen molar-refractivity contribution in [2.24, 2.45) is 0 Å². The summed E-state index contributed by atoms with van der Waals surface area (Å²) in [4.78, 5) is 13.8. The van der Waals surface area contributed by atoms with E-state index in [0.29, 0.717) is 31.6 Å². The van der Waals surface area contributed by atoms with Crippen molar-refractivity contribution in [2.75, 3.05) is 76.1 Å². The van der Waals surface area contributed by atoms with Crippen LogP contribution in [-0.2, 0) is 15.9 Å². The lowest BCUT2D eigenvalue weighted by Gasteiger charge is -2.28. The molecule has 1 aromatic carbocycles. The van der Waals surface area contributed by atoms with E-state index in [2.05, 4.69) is 61.0 Å². The van der Waals surface area contributed by atoms with Crippen LogP contribution in [-0.4, -0.2) is 80.6 Å². The van der Waals surface area contributed by atoms with Crippen molar-refractivity contribution in [3.63, 3.8) is 0 Å². The molecule has 9 heteroatoms. The third kappa shape index (κ3) is 5.73. The van der Waals surface area contributed by atoms with Gasteiger partial charge in [0.15, 0.2) is 5.82 Å². The molecule has 33 heavy (non-hydrogen) atoms. The second kappa shape index (κ2) is 10.8. The van der Waals surface area contributed by atoms with Crippen molar-refractivity contribution >= 4 is 17.3 Å². The van der Waals surface area contributed by atoms with Gasteiger partial charge in [0.25, 0.3) is 0 Å². The number of hydrazine groups is 1. The van der Waals surface area contributed by atoms with E-state index >= 15 is 0 Å². The maximum Gasteiger partial charge on any atom is 0.320 e. The minimum absolute atomic E-state index is 0.384. The van der Waals surface area contributed by atoms with Crippen LogP contribution in [0.3, 0.4) is 0 Å². The first-order valence-corrected chi connectivity index (χ1v) is 11.8. The van der Waals surface area contributed by atoms with Gasteiger partial charge in [-0.3, -0.25) is 15.8 Å². The highest BCUT2D eigenvalue weighted by Crippen LogP contribution is 2.25. The zero-order chi connectivity index (χ0) is 22.3. The molecule has 0 saturated carbocycles. The van der Waals surface area contributed by atoms with Crippen LogP contribution in [0.5, 0.6) is 6.01 Å². The molecule has 0 spiro atoms. The number of rotatable bonds is 8. The minimum atomic E-state index is 0.384. The van der Waals surface area contributed by atoms with Gasteiger partial charge in [-0.25, -0.2) is 0 Å². The fourth-order valence-corrected chi connectivity index (χ4v) is 4.32. The van der Waals surface area contributed by atoms with Gasteiger partial charge in [0, 0.05) is 44.4 Å². The topological polar surface area (TPSA) is 84.0 Å². The molecule has 2 aliphatic heterocycles. The summed E-state index contributed by atoms with van der Waals surface area (Å²) in [6.45, 7) is 7.80. The fraction of sp³-hybridized carbons (Fsp3) is 0.500. The molecule has 2 N–H and O–H groups in total. The predicted octanol–water partition coefficient (Wildman–Crippen LogP) is 1.93. The number of ether oxygens (including phenoxy) is 3. The van der Waals surface area contributed by atoms with E-state index in [0.717, 1.165) is 70.3 Å². The van der Waals surface area contributed by atoms with Gasteiger partial charge in [0.1, 0.15) is 12.4 Å². The van der Waals surface area contributed by atoms with Gasteiger partial charge in [-0.05, 0) is 18.4 Å². The molecule has 2 aromatic rings. The molecule has 3 aliphatic rings. The van der Waals surface area contributed by atoms with Crippen molar-refractivity contribution in [1.29, 1.82) is 0 Å². The van der Waals surface area contributed by atoms with Crippen molar-refractivity contribution in [3.8, 4) is 6.01 Å². The second-order valence-electron chi connectivity index (χ2n) is 8.36. The Morgan fingerprint density at radius 2 is 1.73 bits per heavy atom. The van der Waals surface area contributed by atoms with Gasteiger partial charge < -0.3 is 19.1 Å². The largest absolute Gasteiger partial charge is 0.462 e. The van der Waals surface area contributed by atoms with Crippen LogP contribution >= 0.6 is 0 Å². The molecule has 9 nitrogen and oxygen atoms in total. The molecule has 0 atom stereocenters. The van der Waals surface area contributed by atoms with Gasteiger partial charge in [0.2, 0.25) is 0 Å². The Morgan fingerprint density at radius 1 is 0.939 bits per heavy atom. The number of nitrogens with one attached hydrogen (secondary N) is 2. The van der Waals surface area contributed by atoms with E-state index in [1.807, 2.05) is 6.07 Å². The molecule has 2 saturated heterocycles. The zero-order valence-corrected chi connectivity index (χ0v) is 19.0. The Hall–Kier alpha value is -2.88. The van der Waals surface area contributed by atoms with Crippen LogP contribution in [0, 0.1) is 0 Å². The number of benzene rings is 1. The highest BCUT2D eigenvalue weighted by molar-refractivity contribution is 5.69. The van der Waals surface area contributed by atoms with Crippen molar-refractivity contribution in [3.05, 3.63) is 47.5 Å². The summed E-state index contributed by atoms with van der Waals surface area (Å²) in [6, 6.07) is 10.8. The van der Waals surface area contributed by atoms with E-state index in [4.69, 9.17) is 14.2 Å². The van der Waals surface area contributed by atoms with Crippen LogP contribution < -0.4 is 20.5 Å². The first-order valence-electron chi connectivity index (χ1n) is 11.8. The van der Waals surface area contributed by atoms with Crippen LogP contribution in [0.25, 0.3) is 5.70 Å². The van der Waals surface area contributed by atoms with Crippen LogP contribution in [0.2, 0.25) is 0 Å². The Morgan fingerprint density at radius 3 is 2.58 bits per heavy atom. The Kier molecular flexibility index (Phi) is 7.20. The molecule has 0 bridgehead atoms. The summed E-state index contributed by atoms with van der Waals surface area (Å²) in [5.41, 5.74) is 10.3. The first-order chi connectivity index (χ1) is 16.3. The number of morpholine rings is 2. The standard InChI is InChI=1S/C24H32N6O3/c1-2-6-20-19(4-1)5-3-7-21(20)27-28-22-18-23(30-11-15-32-16-12-30)26-24(25-22)33-17-10-29-8-13-31-14-9-29/h1-2,4,6-7,18,27H,3,5,8-17H2,(H,25,26,28). The predicted molar refractivity (Wildman–Crippen MR) is 127 cm³/mol. The minimum Gasteiger partial charge on any atom is -0.462 e. The second-order valence-corrected chi connectivity index (χ2v) is 8.36. The summed E-state index contributed by atoms with van der Waals surface area (Å²) in [5, 5.41) is 0. The summed E-state index contributed by atoms with van der Waals surface area (Å²) < 4.78 is 16.9. The number of allylic oxidation sites excluding steroid dienone is 1. The quantitative estimate of drug-likeness (QED) is 0.584. The van der Waals surface area contributed by atoms with E-state index in [1.165, 1.54) is 11.1 Å². The highest BCUT2D eigenvalue weighted by Gasteiger charge is 2.17. The molecule has 1 aromatic heterocycles. The number of hydrogen-bond donors (Lipinski definition) is 2. The Bertz CT molecular complexity index is 957. The van der Waals surface area contributed by atoms with Gasteiger partial charge >= 0.3 is 6.01 Å². The third-order valence-electron chi connectivity index (χ3n) is 6.16. The smallest absolute Gasteiger partial charge is 0.320 e. The fourth-order valence-electron chi connectivity index (χ4n) is 4.32. The van der Waals surface area contributed by atoms with Crippen molar-refractivity contribution < 1.29 is 14.2 Å². The number of aromatic nitrogens is 2. The van der Waals surface area contributed by atoms with Crippen LogP contribution in [0.1, 0.15) is 17.5 Å². The molecule has 1 aliphatic carbocycles. The van der Waals surface area contributed by atoms with Gasteiger partial charge in [-0.1, -0.05) is 30.3 Å². The van der Waals surface area contributed by atoms with E-state index in [1.54, 1.807) is 0 Å². The molecule has 176 valence electrons. The summed E-state index contributed by atoms with van der Waals surface area (Å²) in [6.07, 6.45) is 4.30. The average Bonchev–Trinajstić information content (AvgIpc) is 2.88. The first kappa shape index (κ1) is 21.9. The third-order valence-corrected chi connectivity index (χ3v) is 6.16. The number of hydrogen-bond acceptors (Lipinski definition) is 9. The van der Waals surface area contributed by atoms with Crippen LogP contribution in [0.4, 0.5) is 11.6 Å². The van der Waals surface area contributed by atoms with Crippen molar-refractivity contribution in [1.82, 2.24) is 20.3 Å². The molecule has 5 rings (SSSR count).